The van der Waals surface area contributed by atoms with Gasteiger partial charge in [0, 0.05) is 0 Å². The van der Waals surface area contributed by atoms with Crippen LogP contribution in [0.4, 0.5) is 0 Å². The predicted octanol–water partition coefficient (Wildman–Crippen LogP) is 0.561. The van der Waals surface area contributed by atoms with E-state index >= 15 is 0 Å². The Morgan fingerprint density at radius 3 is 2.73 bits per heavy atom. The van der Waals surface area contributed by atoms with E-state index in [-0.39, 0.29) is 24.9 Å². The molecule has 1 heterocycles. The van der Waals surface area contributed by atoms with E-state index < -0.39 is 0 Å². The van der Waals surface area contributed by atoms with Gasteiger partial charge in [-0.3, -0.25) is 0 Å². The summed E-state index contributed by atoms with van der Waals surface area (Å²) in [6.07, 6.45) is 1.23. The van der Waals surface area contributed by atoms with Crippen LogP contribution >= 0.6 is 0 Å². The molecule has 0 amide bonds. The zero-order chi connectivity index (χ0) is 8.27. The van der Waals surface area contributed by atoms with Crippen molar-refractivity contribution in [3.8, 4) is 0 Å². The van der Waals surface area contributed by atoms with E-state index in [9.17, 15) is 0 Å². The summed E-state index contributed by atoms with van der Waals surface area (Å²) >= 11 is 0. The number of aliphatic hydroxyl groups excluding tert-OH is 1. The highest BCUT2D eigenvalue weighted by molar-refractivity contribution is 4.67. The summed E-state index contributed by atoms with van der Waals surface area (Å²) < 4.78 is 10.8. The smallest absolute Gasteiger partial charge is 0.104 e. The molecule has 0 spiro atoms. The van der Waals surface area contributed by atoms with Crippen molar-refractivity contribution in [1.29, 1.82) is 0 Å². The molecular weight excluding hydrogens is 144 g/mol. The third kappa shape index (κ3) is 2.77. The van der Waals surface area contributed by atoms with Gasteiger partial charge >= 0.3 is 0 Å². The highest BCUT2D eigenvalue weighted by Gasteiger charge is 2.20. The molecule has 0 unspecified atom stereocenters. The highest BCUT2D eigenvalue weighted by atomic mass is 16.6. The minimum atomic E-state index is -0.130. The maximum Gasteiger partial charge on any atom is 0.104 e. The lowest BCUT2D eigenvalue weighted by atomic mass is 10.2. The van der Waals surface area contributed by atoms with Crippen LogP contribution < -0.4 is 0 Å². The van der Waals surface area contributed by atoms with E-state index in [1.54, 1.807) is 0 Å². The van der Waals surface area contributed by atoms with Crippen LogP contribution in [-0.4, -0.2) is 36.6 Å². The highest BCUT2D eigenvalue weighted by Crippen LogP contribution is 2.13. The van der Waals surface area contributed by atoms with Crippen molar-refractivity contribution < 1.29 is 14.6 Å². The molecule has 3 heteroatoms. The largest absolute Gasteiger partial charge is 0.394 e. The molecule has 1 rings (SSSR count). The van der Waals surface area contributed by atoms with Crippen LogP contribution in [0.2, 0.25) is 0 Å². The maximum atomic E-state index is 8.82. The van der Waals surface area contributed by atoms with Gasteiger partial charge < -0.3 is 14.6 Å². The van der Waals surface area contributed by atoms with E-state index in [0.29, 0.717) is 6.61 Å². The number of aliphatic hydroxyl groups is 1. The fraction of sp³-hybridized carbons (Fsp3) is 1.00. The Morgan fingerprint density at radius 2 is 2.09 bits per heavy atom. The third-order valence-electron chi connectivity index (χ3n) is 1.86. The molecule has 0 bridgehead atoms. The van der Waals surface area contributed by atoms with Crippen LogP contribution in [0.1, 0.15) is 20.3 Å². The van der Waals surface area contributed by atoms with Gasteiger partial charge in [0.2, 0.25) is 0 Å². The van der Waals surface area contributed by atoms with Gasteiger partial charge in [-0.15, -0.1) is 0 Å². The molecule has 66 valence electrons. The summed E-state index contributed by atoms with van der Waals surface area (Å²) in [6.45, 7) is 4.60. The van der Waals surface area contributed by atoms with E-state index in [1.165, 1.54) is 0 Å². The average molecular weight is 160 g/mol. The van der Waals surface area contributed by atoms with Crippen molar-refractivity contribution >= 4 is 0 Å². The topological polar surface area (TPSA) is 38.7 Å². The first kappa shape index (κ1) is 8.97. The minimum absolute atomic E-state index is 0.0526. The van der Waals surface area contributed by atoms with Gasteiger partial charge in [-0.2, -0.15) is 0 Å². The summed E-state index contributed by atoms with van der Waals surface area (Å²) in [4.78, 5) is 0. The van der Waals surface area contributed by atoms with E-state index in [1.807, 2.05) is 13.8 Å². The second-order valence-corrected chi connectivity index (χ2v) is 3.13. The molecule has 0 aromatic heterocycles. The molecule has 0 aromatic carbocycles. The summed E-state index contributed by atoms with van der Waals surface area (Å²) in [5.41, 5.74) is 0. The Hall–Kier alpha value is -0.120. The van der Waals surface area contributed by atoms with Crippen LogP contribution in [-0.2, 0) is 9.47 Å². The monoisotopic (exact) mass is 160 g/mol. The van der Waals surface area contributed by atoms with Crippen LogP contribution in [0.15, 0.2) is 0 Å². The van der Waals surface area contributed by atoms with Crippen LogP contribution in [0.3, 0.4) is 0 Å². The molecule has 1 saturated heterocycles. The van der Waals surface area contributed by atoms with Gasteiger partial charge in [-0.25, -0.2) is 0 Å². The van der Waals surface area contributed by atoms with Crippen molar-refractivity contribution in [3.05, 3.63) is 0 Å². The van der Waals surface area contributed by atoms with Crippen LogP contribution in [0.25, 0.3) is 0 Å². The molecular formula is C8H16O3. The van der Waals surface area contributed by atoms with Gasteiger partial charge in [-0.05, 0) is 20.3 Å². The number of hydrogen-bond donors (Lipinski definition) is 1. The molecule has 11 heavy (non-hydrogen) atoms. The molecule has 0 radical (unpaired) electrons. The first-order valence-corrected chi connectivity index (χ1v) is 4.10. The molecule has 1 aliphatic heterocycles. The molecule has 0 saturated carbocycles. The molecule has 3 nitrogen and oxygen atoms in total. The Labute approximate surface area is 67.3 Å². The molecule has 1 aliphatic rings. The number of ether oxygens (including phenoxy) is 2. The van der Waals surface area contributed by atoms with Crippen molar-refractivity contribution in [1.82, 2.24) is 0 Å². The summed E-state index contributed by atoms with van der Waals surface area (Å²) in [5, 5.41) is 8.82. The number of rotatable bonds is 1. The second kappa shape index (κ2) is 4.04. The van der Waals surface area contributed by atoms with Crippen molar-refractivity contribution in [2.45, 2.75) is 38.6 Å². The lowest BCUT2D eigenvalue weighted by Gasteiger charge is -2.14. The predicted molar refractivity (Wildman–Crippen MR) is 41.5 cm³/mol. The Kier molecular flexibility index (Phi) is 3.30. The van der Waals surface area contributed by atoms with Gasteiger partial charge in [0.25, 0.3) is 0 Å². The summed E-state index contributed by atoms with van der Waals surface area (Å²) in [7, 11) is 0. The van der Waals surface area contributed by atoms with Gasteiger partial charge in [-0.1, -0.05) is 0 Å². The second-order valence-electron chi connectivity index (χ2n) is 3.13. The normalized spacial score (nSPS) is 40.1. The first-order valence-electron chi connectivity index (χ1n) is 4.10. The quantitative estimate of drug-likeness (QED) is 0.609. The van der Waals surface area contributed by atoms with E-state index in [4.69, 9.17) is 14.6 Å². The van der Waals surface area contributed by atoms with E-state index in [2.05, 4.69) is 0 Å². The molecule has 1 N–H and O–H groups in total. The standard InChI is InChI=1S/C8H16O3/c1-6-3-7(2)11-8(4-9)5-10-6/h6-9H,3-5H2,1-2H3/t6-,7-,8-/m1/s1. The van der Waals surface area contributed by atoms with Gasteiger partial charge in [0.05, 0.1) is 25.4 Å². The molecule has 0 aromatic rings. The fourth-order valence-electron chi connectivity index (χ4n) is 1.33. The van der Waals surface area contributed by atoms with Crippen molar-refractivity contribution in [2.24, 2.45) is 0 Å². The summed E-state index contributed by atoms with van der Waals surface area (Å²) in [5.74, 6) is 0. The fourth-order valence-corrected chi connectivity index (χ4v) is 1.33. The van der Waals surface area contributed by atoms with Crippen LogP contribution in [0.5, 0.6) is 0 Å². The number of hydrogen-bond acceptors (Lipinski definition) is 3. The van der Waals surface area contributed by atoms with Crippen LogP contribution in [0, 0.1) is 0 Å². The lowest BCUT2D eigenvalue weighted by molar-refractivity contribution is -0.0419. The SMILES string of the molecule is C[C@@H]1C[C@@H](C)O[C@H](CO)CO1. The average Bonchev–Trinajstić information content (AvgIpc) is 2.11. The maximum absolute atomic E-state index is 8.82. The van der Waals surface area contributed by atoms with Gasteiger partial charge in [0.15, 0.2) is 0 Å². The van der Waals surface area contributed by atoms with Gasteiger partial charge in [0.1, 0.15) is 6.10 Å². The summed E-state index contributed by atoms with van der Waals surface area (Å²) in [6, 6.07) is 0. The van der Waals surface area contributed by atoms with E-state index in [0.717, 1.165) is 6.42 Å². The zero-order valence-corrected chi connectivity index (χ0v) is 7.12. The zero-order valence-electron chi connectivity index (χ0n) is 7.12. The molecule has 0 aliphatic carbocycles. The Bertz CT molecular complexity index is 116. The molecule has 3 atom stereocenters. The first-order chi connectivity index (χ1) is 5.22. The van der Waals surface area contributed by atoms with Crippen molar-refractivity contribution in [3.63, 3.8) is 0 Å². The third-order valence-corrected chi connectivity index (χ3v) is 1.86. The lowest BCUT2D eigenvalue weighted by Crippen LogP contribution is -2.24. The minimum Gasteiger partial charge on any atom is -0.394 e. The van der Waals surface area contributed by atoms with Crippen molar-refractivity contribution in [2.75, 3.05) is 13.2 Å². The Balaban J connectivity index is 2.39. The molecule has 1 fully saturated rings. The Morgan fingerprint density at radius 1 is 1.36 bits per heavy atom.